The molecule has 0 fully saturated rings. The molecule has 0 bridgehead atoms. The van der Waals surface area contributed by atoms with Crippen LogP contribution in [-0.2, 0) is 9.53 Å². The summed E-state index contributed by atoms with van der Waals surface area (Å²) in [5, 5.41) is 3.51. The number of ether oxygens (including phenoxy) is 1. The van der Waals surface area contributed by atoms with Crippen molar-refractivity contribution in [2.45, 2.75) is 24.8 Å². The van der Waals surface area contributed by atoms with Gasteiger partial charge in [-0.1, -0.05) is 42.5 Å². The molecule has 2 atom stereocenters. The van der Waals surface area contributed by atoms with Gasteiger partial charge in [-0.3, -0.25) is 14.5 Å². The number of hydrogen-bond donors (Lipinski definition) is 1. The molecule has 7 nitrogen and oxygen atoms in total. The van der Waals surface area contributed by atoms with Gasteiger partial charge in [0, 0.05) is 29.2 Å². The van der Waals surface area contributed by atoms with Crippen molar-refractivity contribution < 1.29 is 23.5 Å². The van der Waals surface area contributed by atoms with Gasteiger partial charge in [-0.15, -0.1) is 0 Å². The number of anilines is 2. The molecule has 0 spiro atoms. The second-order valence-electron chi connectivity index (χ2n) is 9.64. The average Bonchev–Trinajstić information content (AvgIpc) is 3.47. The average molecular weight is 519 g/mol. The fourth-order valence-electron chi connectivity index (χ4n) is 5.49. The predicted octanol–water partition coefficient (Wildman–Crippen LogP) is 6.28. The molecule has 194 valence electrons. The summed E-state index contributed by atoms with van der Waals surface area (Å²) in [6.45, 7) is 0. The standard InChI is InChI=1S/C32H26N2O5/c1-38-32(37)22-15-13-20(14-16-22)30-29-25(18-23(19-27(29)35)28-12-7-17-39-28)33-24-10-5-6-11-26(24)34(30)31(36)21-8-3-2-4-9-21/h2-17,23,30,33H,18-19H2,1H3/t23-,30-/m1/s1. The normalized spacial score (nSPS) is 18.5. The first kappa shape index (κ1) is 24.4. The molecule has 4 aromatic rings. The molecular weight excluding hydrogens is 492 g/mol. The molecule has 0 unspecified atom stereocenters. The molecule has 0 radical (unpaired) electrons. The van der Waals surface area contributed by atoms with Crippen LogP contribution in [0.3, 0.4) is 0 Å². The first-order valence-corrected chi connectivity index (χ1v) is 12.8. The number of esters is 1. The lowest BCUT2D eigenvalue weighted by molar-refractivity contribution is -0.116. The van der Waals surface area contributed by atoms with E-state index in [0.29, 0.717) is 34.4 Å². The minimum atomic E-state index is -0.722. The number of methoxy groups -OCH3 is 1. The van der Waals surface area contributed by atoms with Crippen molar-refractivity contribution in [3.63, 3.8) is 0 Å². The number of benzene rings is 3. The quantitative estimate of drug-likeness (QED) is 0.320. The predicted molar refractivity (Wildman–Crippen MR) is 147 cm³/mol. The molecule has 1 aliphatic carbocycles. The Kier molecular flexibility index (Phi) is 6.32. The lowest BCUT2D eigenvalue weighted by atomic mass is 9.80. The van der Waals surface area contributed by atoms with Crippen molar-refractivity contribution in [2.24, 2.45) is 0 Å². The Morgan fingerprint density at radius 2 is 1.62 bits per heavy atom. The summed E-state index contributed by atoms with van der Waals surface area (Å²) in [5.41, 5.74) is 4.28. The zero-order valence-corrected chi connectivity index (χ0v) is 21.3. The van der Waals surface area contributed by atoms with Crippen molar-refractivity contribution in [2.75, 3.05) is 17.3 Å². The molecule has 2 heterocycles. The van der Waals surface area contributed by atoms with Gasteiger partial charge in [0.05, 0.1) is 36.4 Å². The van der Waals surface area contributed by atoms with Gasteiger partial charge in [0.1, 0.15) is 5.76 Å². The van der Waals surface area contributed by atoms with Crippen LogP contribution in [0, 0.1) is 0 Å². The number of ketones is 1. The van der Waals surface area contributed by atoms with Crippen LogP contribution in [0.15, 0.2) is 113 Å². The highest BCUT2D eigenvalue weighted by atomic mass is 16.5. The Labute approximate surface area is 225 Å². The number of para-hydroxylation sites is 2. The molecule has 2 aliphatic rings. The summed E-state index contributed by atoms with van der Waals surface area (Å²) < 4.78 is 10.5. The number of hydrogen-bond acceptors (Lipinski definition) is 6. The number of nitrogens with zero attached hydrogens (tertiary/aromatic N) is 1. The number of carbonyl (C=O) groups excluding carboxylic acids is 3. The summed E-state index contributed by atoms with van der Waals surface area (Å²) in [4.78, 5) is 42.1. The van der Waals surface area contributed by atoms with Crippen LogP contribution in [-0.4, -0.2) is 24.8 Å². The van der Waals surface area contributed by atoms with Gasteiger partial charge in [0.25, 0.3) is 5.91 Å². The maximum Gasteiger partial charge on any atom is 0.337 e. The van der Waals surface area contributed by atoms with Crippen molar-refractivity contribution in [3.05, 3.63) is 131 Å². The molecule has 7 heteroatoms. The van der Waals surface area contributed by atoms with Crippen molar-refractivity contribution in [1.29, 1.82) is 0 Å². The fourth-order valence-corrected chi connectivity index (χ4v) is 5.49. The molecule has 1 N–H and O–H groups in total. The van der Waals surface area contributed by atoms with E-state index in [1.54, 1.807) is 47.6 Å². The van der Waals surface area contributed by atoms with Gasteiger partial charge in [0.15, 0.2) is 5.78 Å². The third-order valence-electron chi connectivity index (χ3n) is 7.32. The highest BCUT2D eigenvalue weighted by Gasteiger charge is 2.42. The van der Waals surface area contributed by atoms with E-state index in [1.807, 2.05) is 54.6 Å². The Hall–Kier alpha value is -4.91. The van der Waals surface area contributed by atoms with Crippen LogP contribution >= 0.6 is 0 Å². The van der Waals surface area contributed by atoms with Crippen LogP contribution in [0.4, 0.5) is 11.4 Å². The van der Waals surface area contributed by atoms with E-state index >= 15 is 0 Å². The highest BCUT2D eigenvalue weighted by molar-refractivity contribution is 6.12. The zero-order chi connectivity index (χ0) is 26.9. The first-order chi connectivity index (χ1) is 19.0. The number of amides is 1. The minimum Gasteiger partial charge on any atom is -0.469 e. The van der Waals surface area contributed by atoms with Gasteiger partial charge < -0.3 is 14.5 Å². The topological polar surface area (TPSA) is 88.8 Å². The van der Waals surface area contributed by atoms with Crippen molar-refractivity contribution in [1.82, 2.24) is 0 Å². The van der Waals surface area contributed by atoms with E-state index < -0.39 is 12.0 Å². The zero-order valence-electron chi connectivity index (χ0n) is 21.3. The number of rotatable bonds is 4. The van der Waals surface area contributed by atoms with Crippen LogP contribution in [0.25, 0.3) is 0 Å². The summed E-state index contributed by atoms with van der Waals surface area (Å²) >= 11 is 0. The van der Waals surface area contributed by atoms with Gasteiger partial charge in [-0.05, 0) is 60.5 Å². The van der Waals surface area contributed by atoms with Gasteiger partial charge in [-0.2, -0.15) is 0 Å². The highest BCUT2D eigenvalue weighted by Crippen LogP contribution is 2.47. The molecule has 0 saturated heterocycles. The van der Waals surface area contributed by atoms with Crippen LogP contribution in [0.1, 0.15) is 56.8 Å². The molecule has 39 heavy (non-hydrogen) atoms. The third-order valence-corrected chi connectivity index (χ3v) is 7.32. The summed E-state index contributed by atoms with van der Waals surface area (Å²) in [6.07, 6.45) is 2.42. The maximum atomic E-state index is 14.2. The molecule has 6 rings (SSSR count). The van der Waals surface area contributed by atoms with Gasteiger partial charge in [-0.25, -0.2) is 4.79 Å². The van der Waals surface area contributed by atoms with Crippen LogP contribution in [0.2, 0.25) is 0 Å². The number of nitrogens with one attached hydrogen (secondary N) is 1. The van der Waals surface area contributed by atoms with E-state index in [9.17, 15) is 14.4 Å². The van der Waals surface area contributed by atoms with E-state index in [0.717, 1.165) is 17.1 Å². The molecule has 3 aromatic carbocycles. The Bertz CT molecular complexity index is 1570. The first-order valence-electron chi connectivity index (χ1n) is 12.8. The van der Waals surface area contributed by atoms with Gasteiger partial charge >= 0.3 is 5.97 Å². The number of allylic oxidation sites excluding steroid dienone is 1. The fraction of sp³-hybridized carbons (Fsp3) is 0.156. The maximum absolute atomic E-state index is 14.2. The number of Topliss-reactive ketones (excluding diaryl/α,β-unsaturated/α-hetero) is 1. The molecule has 0 saturated carbocycles. The largest absolute Gasteiger partial charge is 0.469 e. The Balaban J connectivity index is 1.56. The second-order valence-corrected chi connectivity index (χ2v) is 9.64. The SMILES string of the molecule is COC(=O)c1ccc([C@@H]2C3=C(C[C@@H](c4ccco4)CC3=O)Nc3ccccc3N2C(=O)c2ccccc2)cc1. The Morgan fingerprint density at radius 1 is 0.872 bits per heavy atom. The summed E-state index contributed by atoms with van der Waals surface area (Å²) in [5.74, 6) is -0.121. The number of fused-ring (bicyclic) bond motifs is 1. The number of carbonyl (C=O) groups is 3. The van der Waals surface area contributed by atoms with Crippen LogP contribution < -0.4 is 10.2 Å². The monoisotopic (exact) mass is 518 g/mol. The molecule has 1 aliphatic heterocycles. The lowest BCUT2D eigenvalue weighted by Gasteiger charge is -2.35. The molecular formula is C32H26N2O5. The van der Waals surface area contributed by atoms with E-state index in [-0.39, 0.29) is 24.0 Å². The van der Waals surface area contributed by atoms with E-state index in [4.69, 9.17) is 9.15 Å². The summed E-state index contributed by atoms with van der Waals surface area (Å²) in [7, 11) is 1.33. The summed E-state index contributed by atoms with van der Waals surface area (Å²) in [6, 6.07) is 26.5. The minimum absolute atomic E-state index is 0.0640. The molecule has 1 aromatic heterocycles. The number of furan rings is 1. The molecule has 1 amide bonds. The van der Waals surface area contributed by atoms with Gasteiger partial charge in [0.2, 0.25) is 0 Å². The van der Waals surface area contributed by atoms with Crippen LogP contribution in [0.5, 0.6) is 0 Å². The smallest absolute Gasteiger partial charge is 0.337 e. The van der Waals surface area contributed by atoms with Crippen molar-refractivity contribution >= 4 is 29.0 Å². The second kappa shape index (κ2) is 10.1. The van der Waals surface area contributed by atoms with E-state index in [2.05, 4.69) is 5.32 Å². The van der Waals surface area contributed by atoms with Crippen molar-refractivity contribution in [3.8, 4) is 0 Å². The lowest BCUT2D eigenvalue weighted by Crippen LogP contribution is -2.38. The third kappa shape index (κ3) is 4.42. The Morgan fingerprint density at radius 3 is 2.33 bits per heavy atom. The van der Waals surface area contributed by atoms with E-state index in [1.165, 1.54) is 7.11 Å².